The molecule has 132 valence electrons. The molecule has 0 N–H and O–H groups in total. The van der Waals surface area contributed by atoms with Crippen LogP contribution in [0, 0.1) is 0 Å². The summed E-state index contributed by atoms with van der Waals surface area (Å²) in [7, 11) is 0. The Morgan fingerprint density at radius 3 is 2.38 bits per heavy atom. The van der Waals surface area contributed by atoms with Crippen molar-refractivity contribution < 1.29 is 4.79 Å². The van der Waals surface area contributed by atoms with Gasteiger partial charge in [0.1, 0.15) is 5.82 Å². The predicted molar refractivity (Wildman–Crippen MR) is 104 cm³/mol. The highest BCUT2D eigenvalue weighted by Gasteiger charge is 2.23. The molecule has 2 heterocycles. The zero-order chi connectivity index (χ0) is 18.1. The molecule has 1 amide bonds. The summed E-state index contributed by atoms with van der Waals surface area (Å²) in [6, 6.07) is 12.8. The quantitative estimate of drug-likeness (QED) is 0.669. The van der Waals surface area contributed by atoms with Crippen LogP contribution in [0.15, 0.2) is 48.7 Å². The first-order valence-electron chi connectivity index (χ1n) is 8.33. The molecule has 3 aromatic rings. The number of anilines is 1. The van der Waals surface area contributed by atoms with Gasteiger partial charge in [0.25, 0.3) is 5.91 Å². The summed E-state index contributed by atoms with van der Waals surface area (Å²) in [6.45, 7) is 2.65. The number of halogens is 2. The highest BCUT2D eigenvalue weighted by Crippen LogP contribution is 2.24. The van der Waals surface area contributed by atoms with Crippen LogP contribution in [0.25, 0.3) is 11.0 Å². The van der Waals surface area contributed by atoms with Gasteiger partial charge in [-0.25, -0.2) is 4.98 Å². The molecule has 0 saturated carbocycles. The van der Waals surface area contributed by atoms with Crippen LogP contribution < -0.4 is 4.90 Å². The molecule has 1 saturated heterocycles. The van der Waals surface area contributed by atoms with Crippen LogP contribution >= 0.6 is 23.2 Å². The van der Waals surface area contributed by atoms with Gasteiger partial charge >= 0.3 is 0 Å². The number of hydrogen-bond acceptors (Lipinski definition) is 4. The number of para-hydroxylation sites is 2. The van der Waals surface area contributed by atoms with Gasteiger partial charge in [-0.1, -0.05) is 35.3 Å². The fourth-order valence-corrected chi connectivity index (χ4v) is 3.35. The molecule has 0 spiro atoms. The summed E-state index contributed by atoms with van der Waals surface area (Å²) in [4.78, 5) is 25.8. The molecule has 1 fully saturated rings. The van der Waals surface area contributed by atoms with Crippen LogP contribution in [0.4, 0.5) is 5.82 Å². The normalized spacial score (nSPS) is 14.7. The summed E-state index contributed by atoms with van der Waals surface area (Å²) in [5, 5.41) is 0.838. The average Bonchev–Trinajstić information content (AvgIpc) is 2.69. The highest BCUT2D eigenvalue weighted by molar-refractivity contribution is 6.42. The average molecular weight is 387 g/mol. The molecule has 4 rings (SSSR count). The summed E-state index contributed by atoms with van der Waals surface area (Å²) in [5.41, 5.74) is 2.31. The lowest BCUT2D eigenvalue weighted by Crippen LogP contribution is -2.49. The van der Waals surface area contributed by atoms with Gasteiger partial charge in [-0.15, -0.1) is 0 Å². The predicted octanol–water partition coefficient (Wildman–Crippen LogP) is 3.90. The van der Waals surface area contributed by atoms with Crippen molar-refractivity contribution in [2.24, 2.45) is 0 Å². The number of piperazine rings is 1. The van der Waals surface area contributed by atoms with E-state index in [2.05, 4.69) is 14.9 Å². The molecule has 1 aliphatic heterocycles. The van der Waals surface area contributed by atoms with Crippen molar-refractivity contribution >= 4 is 46.0 Å². The third kappa shape index (κ3) is 3.32. The van der Waals surface area contributed by atoms with Crippen LogP contribution in [0.3, 0.4) is 0 Å². The van der Waals surface area contributed by atoms with Crippen molar-refractivity contribution in [3.05, 3.63) is 64.3 Å². The summed E-state index contributed by atoms with van der Waals surface area (Å²) in [6.07, 6.45) is 1.79. The largest absolute Gasteiger partial charge is 0.352 e. The Morgan fingerprint density at radius 1 is 0.923 bits per heavy atom. The van der Waals surface area contributed by atoms with Gasteiger partial charge in [-0.3, -0.25) is 9.78 Å². The van der Waals surface area contributed by atoms with Gasteiger partial charge in [0.2, 0.25) is 0 Å². The molecule has 5 nitrogen and oxygen atoms in total. The number of fused-ring (bicyclic) bond motifs is 1. The van der Waals surface area contributed by atoms with E-state index in [1.54, 1.807) is 24.4 Å². The molecule has 0 radical (unpaired) electrons. The van der Waals surface area contributed by atoms with E-state index in [9.17, 15) is 4.79 Å². The van der Waals surface area contributed by atoms with Gasteiger partial charge in [0, 0.05) is 31.7 Å². The summed E-state index contributed by atoms with van der Waals surface area (Å²) < 4.78 is 0. The van der Waals surface area contributed by atoms with Gasteiger partial charge in [0.15, 0.2) is 0 Å². The van der Waals surface area contributed by atoms with Crippen molar-refractivity contribution in [3.63, 3.8) is 0 Å². The molecule has 7 heteroatoms. The second-order valence-electron chi connectivity index (χ2n) is 6.13. The topological polar surface area (TPSA) is 49.3 Å². The van der Waals surface area contributed by atoms with E-state index in [1.165, 1.54) is 0 Å². The van der Waals surface area contributed by atoms with E-state index in [1.807, 2.05) is 29.2 Å². The molecule has 1 aliphatic rings. The first-order chi connectivity index (χ1) is 12.6. The van der Waals surface area contributed by atoms with Crippen LogP contribution in [0.2, 0.25) is 10.0 Å². The lowest BCUT2D eigenvalue weighted by Gasteiger charge is -2.35. The van der Waals surface area contributed by atoms with Gasteiger partial charge in [-0.05, 0) is 30.3 Å². The van der Waals surface area contributed by atoms with E-state index in [-0.39, 0.29) is 5.91 Å². The van der Waals surface area contributed by atoms with Gasteiger partial charge in [0.05, 0.1) is 27.3 Å². The number of amides is 1. The third-order valence-electron chi connectivity index (χ3n) is 4.49. The summed E-state index contributed by atoms with van der Waals surface area (Å²) >= 11 is 11.9. The number of carbonyl (C=O) groups excluding carboxylic acids is 1. The van der Waals surface area contributed by atoms with Crippen molar-refractivity contribution in [1.29, 1.82) is 0 Å². The van der Waals surface area contributed by atoms with Crippen molar-refractivity contribution in [1.82, 2.24) is 14.9 Å². The molecule has 1 aromatic heterocycles. The smallest absolute Gasteiger partial charge is 0.254 e. The number of hydrogen-bond donors (Lipinski definition) is 0. The van der Waals surface area contributed by atoms with Crippen LogP contribution in [0.5, 0.6) is 0 Å². The Hall–Kier alpha value is -2.37. The van der Waals surface area contributed by atoms with E-state index >= 15 is 0 Å². The Kier molecular flexibility index (Phi) is 4.66. The maximum absolute atomic E-state index is 12.7. The number of rotatable bonds is 2. The second kappa shape index (κ2) is 7.09. The minimum absolute atomic E-state index is 0.0344. The van der Waals surface area contributed by atoms with Crippen molar-refractivity contribution in [3.8, 4) is 0 Å². The van der Waals surface area contributed by atoms with Crippen LogP contribution in [-0.4, -0.2) is 47.0 Å². The van der Waals surface area contributed by atoms with Crippen LogP contribution in [0.1, 0.15) is 10.4 Å². The van der Waals surface area contributed by atoms with Gasteiger partial charge < -0.3 is 9.80 Å². The van der Waals surface area contributed by atoms with Crippen molar-refractivity contribution in [2.75, 3.05) is 31.1 Å². The lowest BCUT2D eigenvalue weighted by atomic mass is 10.2. The maximum Gasteiger partial charge on any atom is 0.254 e. The minimum Gasteiger partial charge on any atom is -0.352 e. The van der Waals surface area contributed by atoms with Crippen molar-refractivity contribution in [2.45, 2.75) is 0 Å². The first kappa shape index (κ1) is 17.1. The Balaban J connectivity index is 1.46. The fourth-order valence-electron chi connectivity index (χ4n) is 3.05. The van der Waals surface area contributed by atoms with Crippen LogP contribution in [-0.2, 0) is 0 Å². The lowest BCUT2D eigenvalue weighted by molar-refractivity contribution is 0.0746. The van der Waals surface area contributed by atoms with E-state index in [0.29, 0.717) is 41.8 Å². The van der Waals surface area contributed by atoms with Gasteiger partial charge in [-0.2, -0.15) is 0 Å². The summed E-state index contributed by atoms with van der Waals surface area (Å²) in [5.74, 6) is 0.804. The molecule has 26 heavy (non-hydrogen) atoms. The van der Waals surface area contributed by atoms with E-state index < -0.39 is 0 Å². The monoisotopic (exact) mass is 386 g/mol. The first-order valence-corrected chi connectivity index (χ1v) is 9.08. The Bertz CT molecular complexity index is 971. The second-order valence-corrected chi connectivity index (χ2v) is 6.94. The minimum atomic E-state index is -0.0344. The molecule has 0 aliphatic carbocycles. The zero-order valence-corrected chi connectivity index (χ0v) is 15.4. The molecular weight excluding hydrogens is 371 g/mol. The number of aromatic nitrogens is 2. The standard InChI is InChI=1S/C19H16Cl2N4O/c20-14-6-5-13(11-15(14)21)19(26)25-9-7-24(8-10-25)18-12-22-16-3-1-2-4-17(16)23-18/h1-6,11-12H,7-10H2. The van der Waals surface area contributed by atoms with E-state index in [0.717, 1.165) is 16.9 Å². The SMILES string of the molecule is O=C(c1ccc(Cl)c(Cl)c1)N1CCN(c2cnc3ccccc3n2)CC1. The highest BCUT2D eigenvalue weighted by atomic mass is 35.5. The molecule has 0 unspecified atom stereocenters. The number of benzene rings is 2. The number of carbonyl (C=O) groups is 1. The van der Waals surface area contributed by atoms with E-state index in [4.69, 9.17) is 23.2 Å². The Labute approximate surface area is 161 Å². The Morgan fingerprint density at radius 2 is 1.65 bits per heavy atom. The number of nitrogens with zero attached hydrogens (tertiary/aromatic N) is 4. The molecule has 2 aromatic carbocycles. The molecular formula is C19H16Cl2N4O. The third-order valence-corrected chi connectivity index (χ3v) is 5.23. The maximum atomic E-state index is 12.7. The fraction of sp³-hybridized carbons (Fsp3) is 0.211. The molecule has 0 atom stereocenters. The zero-order valence-electron chi connectivity index (χ0n) is 13.9. The molecule has 0 bridgehead atoms.